The van der Waals surface area contributed by atoms with Gasteiger partial charge < -0.3 is 5.32 Å². The predicted octanol–water partition coefficient (Wildman–Crippen LogP) is 4.47. The molecule has 0 aliphatic carbocycles. The van der Waals surface area contributed by atoms with Crippen LogP contribution in [0.2, 0.25) is 0 Å². The Kier molecular flexibility index (Phi) is 5.78. The van der Waals surface area contributed by atoms with Gasteiger partial charge in [-0.25, -0.2) is 4.98 Å². The molecule has 136 valence electrons. The lowest BCUT2D eigenvalue weighted by molar-refractivity contribution is -0.113. The van der Waals surface area contributed by atoms with Crippen LogP contribution in [-0.2, 0) is 4.79 Å². The molecular formula is C19H21N3O2S2. The van der Waals surface area contributed by atoms with E-state index in [9.17, 15) is 9.59 Å². The quantitative estimate of drug-likeness (QED) is 0.501. The number of carbonyl (C=O) groups is 1. The average molecular weight is 388 g/mol. The third kappa shape index (κ3) is 3.99. The minimum absolute atomic E-state index is 0.0270. The van der Waals surface area contributed by atoms with Crippen molar-refractivity contribution in [2.24, 2.45) is 0 Å². The number of aryl methyl sites for hydroxylation is 1. The molecule has 3 aromatic rings. The summed E-state index contributed by atoms with van der Waals surface area (Å²) in [4.78, 5) is 29.7. The molecule has 0 unspecified atom stereocenters. The lowest BCUT2D eigenvalue weighted by Crippen LogP contribution is -2.26. The highest BCUT2D eigenvalue weighted by molar-refractivity contribution is 7.99. The van der Waals surface area contributed by atoms with Gasteiger partial charge >= 0.3 is 0 Å². The smallest absolute Gasteiger partial charge is 0.272 e. The monoisotopic (exact) mass is 387 g/mol. The summed E-state index contributed by atoms with van der Waals surface area (Å²) in [5, 5.41) is 5.34. The number of benzene rings is 1. The number of carbonyl (C=O) groups excluding carboxylic acids is 1. The van der Waals surface area contributed by atoms with E-state index >= 15 is 0 Å². The first-order valence-electron chi connectivity index (χ1n) is 8.48. The Hall–Kier alpha value is -2.12. The Balaban J connectivity index is 1.80. The maximum atomic E-state index is 12.8. The predicted molar refractivity (Wildman–Crippen MR) is 109 cm³/mol. The van der Waals surface area contributed by atoms with Crippen LogP contribution in [0.15, 0.2) is 45.7 Å². The molecule has 0 spiro atoms. The second-order valence-electron chi connectivity index (χ2n) is 6.16. The van der Waals surface area contributed by atoms with Crippen LogP contribution in [0.4, 0.5) is 5.69 Å². The number of fused-ring (bicyclic) bond motifs is 1. The zero-order valence-corrected chi connectivity index (χ0v) is 16.6. The number of hydrogen-bond acceptors (Lipinski definition) is 5. The molecule has 3 rings (SSSR count). The number of anilines is 1. The SMILES string of the molecule is CC[C@H](C)n1c(SCC(=O)Nc2ccc(C)cc2)nc2ccsc2c1=O. The molecule has 2 aromatic heterocycles. The van der Waals surface area contributed by atoms with Crippen molar-refractivity contribution < 1.29 is 4.79 Å². The largest absolute Gasteiger partial charge is 0.325 e. The summed E-state index contributed by atoms with van der Waals surface area (Å²) in [6.45, 7) is 6.04. The van der Waals surface area contributed by atoms with Crippen LogP contribution in [-0.4, -0.2) is 21.2 Å². The summed E-state index contributed by atoms with van der Waals surface area (Å²) < 4.78 is 2.38. The number of amides is 1. The van der Waals surface area contributed by atoms with Crippen LogP contribution in [0.5, 0.6) is 0 Å². The first-order valence-corrected chi connectivity index (χ1v) is 10.3. The van der Waals surface area contributed by atoms with E-state index in [1.165, 1.54) is 23.1 Å². The van der Waals surface area contributed by atoms with Crippen LogP contribution in [0.25, 0.3) is 10.2 Å². The third-order valence-corrected chi connectivity index (χ3v) is 6.02. The van der Waals surface area contributed by atoms with Crippen LogP contribution < -0.4 is 10.9 Å². The molecular weight excluding hydrogens is 366 g/mol. The van der Waals surface area contributed by atoms with Gasteiger partial charge in [0.2, 0.25) is 5.91 Å². The van der Waals surface area contributed by atoms with Gasteiger partial charge in [-0.3, -0.25) is 14.2 Å². The Labute approximate surface area is 160 Å². The standard InChI is InChI=1S/C19H21N3O2S2/c1-4-13(3)22-18(24)17-15(9-10-25-17)21-19(22)26-11-16(23)20-14-7-5-12(2)6-8-14/h5-10,13H,4,11H2,1-3H3,(H,20,23)/t13-/m0/s1. The summed E-state index contributed by atoms with van der Waals surface area (Å²) in [7, 11) is 0. The molecule has 1 N–H and O–H groups in total. The molecule has 1 aromatic carbocycles. The van der Waals surface area contributed by atoms with E-state index in [1.54, 1.807) is 4.57 Å². The first kappa shape index (κ1) is 18.7. The Bertz CT molecular complexity index is 977. The highest BCUT2D eigenvalue weighted by Gasteiger charge is 2.17. The molecule has 7 heteroatoms. The van der Waals surface area contributed by atoms with E-state index in [0.717, 1.165) is 17.7 Å². The molecule has 0 aliphatic heterocycles. The fourth-order valence-corrected chi connectivity index (χ4v) is 4.20. The number of nitrogens with zero attached hydrogens (tertiary/aromatic N) is 2. The second kappa shape index (κ2) is 8.05. The van der Waals surface area contributed by atoms with E-state index in [4.69, 9.17) is 0 Å². The average Bonchev–Trinajstić information content (AvgIpc) is 3.10. The van der Waals surface area contributed by atoms with E-state index in [0.29, 0.717) is 15.4 Å². The number of aromatic nitrogens is 2. The minimum Gasteiger partial charge on any atom is -0.325 e. The number of nitrogens with one attached hydrogen (secondary N) is 1. The summed E-state index contributed by atoms with van der Waals surface area (Å²) in [5.41, 5.74) is 2.58. The van der Waals surface area contributed by atoms with Crippen LogP contribution >= 0.6 is 23.1 Å². The number of rotatable bonds is 6. The number of thiophene rings is 1. The first-order chi connectivity index (χ1) is 12.5. The van der Waals surface area contributed by atoms with E-state index in [1.807, 2.05) is 56.5 Å². The molecule has 0 saturated heterocycles. The van der Waals surface area contributed by atoms with Gasteiger partial charge in [-0.15, -0.1) is 11.3 Å². The minimum atomic E-state index is -0.116. The molecule has 0 radical (unpaired) electrons. The molecule has 0 fully saturated rings. The van der Waals surface area contributed by atoms with Crippen molar-refractivity contribution in [3.05, 3.63) is 51.6 Å². The van der Waals surface area contributed by atoms with Gasteiger partial charge in [-0.1, -0.05) is 36.4 Å². The molecule has 1 atom stereocenters. The summed E-state index contributed by atoms with van der Waals surface area (Å²) in [6, 6.07) is 9.54. The third-order valence-electron chi connectivity index (χ3n) is 4.18. The molecule has 2 heterocycles. The van der Waals surface area contributed by atoms with Gasteiger partial charge in [0, 0.05) is 11.7 Å². The molecule has 0 aliphatic rings. The molecule has 1 amide bonds. The Morgan fingerprint density at radius 2 is 2.04 bits per heavy atom. The van der Waals surface area contributed by atoms with E-state index in [-0.39, 0.29) is 23.3 Å². The Morgan fingerprint density at radius 1 is 1.31 bits per heavy atom. The van der Waals surface area contributed by atoms with E-state index < -0.39 is 0 Å². The topological polar surface area (TPSA) is 64.0 Å². The lowest BCUT2D eigenvalue weighted by atomic mass is 10.2. The van der Waals surface area contributed by atoms with Gasteiger partial charge in [0.05, 0.1) is 11.3 Å². The lowest BCUT2D eigenvalue weighted by Gasteiger charge is -2.17. The van der Waals surface area contributed by atoms with Gasteiger partial charge in [-0.2, -0.15) is 0 Å². The number of hydrogen-bond donors (Lipinski definition) is 1. The Morgan fingerprint density at radius 3 is 2.73 bits per heavy atom. The van der Waals surface area contributed by atoms with Gasteiger partial charge in [0.1, 0.15) is 4.70 Å². The summed E-state index contributed by atoms with van der Waals surface area (Å²) in [6.07, 6.45) is 0.821. The normalized spacial score (nSPS) is 12.3. The molecule has 0 bridgehead atoms. The van der Waals surface area contributed by atoms with Crippen molar-refractivity contribution >= 4 is 44.9 Å². The fourth-order valence-electron chi connectivity index (χ4n) is 2.54. The van der Waals surface area contributed by atoms with Crippen molar-refractivity contribution in [1.82, 2.24) is 9.55 Å². The second-order valence-corrected chi connectivity index (χ2v) is 8.02. The van der Waals surface area contributed by atoms with Crippen LogP contribution in [0.1, 0.15) is 31.9 Å². The van der Waals surface area contributed by atoms with Gasteiger partial charge in [0.15, 0.2) is 5.16 Å². The maximum Gasteiger partial charge on any atom is 0.272 e. The molecule has 0 saturated carbocycles. The van der Waals surface area contributed by atoms with Crippen molar-refractivity contribution in [3.63, 3.8) is 0 Å². The summed E-state index contributed by atoms with van der Waals surface area (Å²) in [5.74, 6) is 0.0843. The molecule has 26 heavy (non-hydrogen) atoms. The van der Waals surface area contributed by atoms with Crippen LogP contribution in [0.3, 0.4) is 0 Å². The van der Waals surface area contributed by atoms with Crippen molar-refractivity contribution in [2.75, 3.05) is 11.1 Å². The van der Waals surface area contributed by atoms with Crippen molar-refractivity contribution in [1.29, 1.82) is 0 Å². The maximum absolute atomic E-state index is 12.8. The van der Waals surface area contributed by atoms with Gasteiger partial charge in [0.25, 0.3) is 5.56 Å². The van der Waals surface area contributed by atoms with Crippen molar-refractivity contribution in [2.45, 2.75) is 38.4 Å². The van der Waals surface area contributed by atoms with Crippen LogP contribution in [0, 0.1) is 6.92 Å². The summed E-state index contributed by atoms with van der Waals surface area (Å²) >= 11 is 2.71. The number of thioether (sulfide) groups is 1. The zero-order chi connectivity index (χ0) is 18.7. The van der Waals surface area contributed by atoms with Gasteiger partial charge in [-0.05, 0) is 43.8 Å². The zero-order valence-electron chi connectivity index (χ0n) is 15.0. The molecule has 5 nitrogen and oxygen atoms in total. The highest BCUT2D eigenvalue weighted by Crippen LogP contribution is 2.24. The highest BCUT2D eigenvalue weighted by atomic mass is 32.2. The fraction of sp³-hybridized carbons (Fsp3) is 0.316. The van der Waals surface area contributed by atoms with E-state index in [2.05, 4.69) is 10.3 Å². The van der Waals surface area contributed by atoms with Crippen molar-refractivity contribution in [3.8, 4) is 0 Å².